The second-order valence-electron chi connectivity index (χ2n) is 7.11. The van der Waals surface area contributed by atoms with Gasteiger partial charge in [-0.15, -0.1) is 0 Å². The molecular weight excluding hydrogens is 320 g/mol. The van der Waals surface area contributed by atoms with Crippen LogP contribution in [0.15, 0.2) is 0 Å². The number of esters is 1. The second kappa shape index (κ2) is 12.2. The van der Waals surface area contributed by atoms with Gasteiger partial charge in [0.25, 0.3) is 0 Å². The van der Waals surface area contributed by atoms with E-state index in [1.54, 1.807) is 27.7 Å². The lowest BCUT2D eigenvalue weighted by Gasteiger charge is -2.34. The van der Waals surface area contributed by atoms with Gasteiger partial charge in [-0.25, -0.2) is 0 Å². The number of carbonyl (C=O) groups is 3. The first-order valence-electron chi connectivity index (χ1n) is 7.07. The molecule has 0 spiro atoms. The molecule has 154 valence electrons. The molecule has 0 bridgehead atoms. The van der Waals surface area contributed by atoms with E-state index in [-0.39, 0.29) is 54.3 Å². The van der Waals surface area contributed by atoms with Crippen molar-refractivity contribution in [2.45, 2.75) is 90.2 Å². The highest BCUT2D eigenvalue weighted by atomic mass is 16.6. The first-order chi connectivity index (χ1) is 9.29. The summed E-state index contributed by atoms with van der Waals surface area (Å²) in [4.78, 5) is 36.7. The molecular formula is C20H44O5. The van der Waals surface area contributed by atoms with E-state index < -0.39 is 22.4 Å². The van der Waals surface area contributed by atoms with Crippen molar-refractivity contribution in [3.63, 3.8) is 0 Å². The Hall–Kier alpha value is -1.23. The molecule has 0 radical (unpaired) electrons. The van der Waals surface area contributed by atoms with Gasteiger partial charge >= 0.3 is 5.97 Å². The Morgan fingerprint density at radius 2 is 1.24 bits per heavy atom. The van der Waals surface area contributed by atoms with Crippen LogP contribution in [0.4, 0.5) is 0 Å². The Kier molecular flexibility index (Phi) is 17.0. The molecule has 0 aliphatic heterocycles. The third-order valence-corrected chi connectivity index (χ3v) is 3.63. The zero-order chi connectivity index (χ0) is 17.1. The zero-order valence-corrected chi connectivity index (χ0v) is 14.5. The molecule has 5 heteroatoms. The van der Waals surface area contributed by atoms with Gasteiger partial charge in [0.05, 0.1) is 0 Å². The molecule has 0 rings (SSSR count). The summed E-state index contributed by atoms with van der Waals surface area (Å²) >= 11 is 0. The van der Waals surface area contributed by atoms with E-state index in [1.807, 2.05) is 0 Å². The number of hydrogen-bond donors (Lipinski definition) is 0. The molecule has 0 saturated carbocycles. The van der Waals surface area contributed by atoms with Crippen molar-refractivity contribution in [2.24, 2.45) is 10.8 Å². The minimum atomic E-state index is -1.33. The fourth-order valence-corrected chi connectivity index (χ4v) is 1.86. The Morgan fingerprint density at radius 3 is 1.52 bits per heavy atom. The lowest BCUT2D eigenvalue weighted by Crippen LogP contribution is -2.48. The van der Waals surface area contributed by atoms with E-state index in [4.69, 9.17) is 9.47 Å². The van der Waals surface area contributed by atoms with Crippen molar-refractivity contribution in [2.75, 3.05) is 13.7 Å². The van der Waals surface area contributed by atoms with Gasteiger partial charge in [-0.3, -0.25) is 14.4 Å². The molecule has 5 nitrogen and oxygen atoms in total. The van der Waals surface area contributed by atoms with Crippen molar-refractivity contribution in [1.82, 2.24) is 0 Å². The fraction of sp³-hybridized carbons (Fsp3) is 0.850. The second-order valence-corrected chi connectivity index (χ2v) is 7.11. The molecule has 0 aliphatic carbocycles. The molecule has 0 saturated heterocycles. The summed E-state index contributed by atoms with van der Waals surface area (Å²) in [7, 11) is 1.51. The van der Waals surface area contributed by atoms with Crippen molar-refractivity contribution >= 4 is 17.5 Å². The van der Waals surface area contributed by atoms with Crippen LogP contribution >= 0.6 is 0 Å². The van der Waals surface area contributed by atoms with Crippen LogP contribution in [0.5, 0.6) is 0 Å². The van der Waals surface area contributed by atoms with Crippen molar-refractivity contribution < 1.29 is 23.9 Å². The van der Waals surface area contributed by atoms with Gasteiger partial charge < -0.3 is 9.47 Å². The Labute approximate surface area is 156 Å². The number of rotatable bonds is 7. The molecule has 0 fully saturated rings. The van der Waals surface area contributed by atoms with E-state index in [1.165, 1.54) is 27.9 Å². The number of ether oxygens (including phenoxy) is 2. The lowest BCUT2D eigenvalue weighted by molar-refractivity contribution is -0.177. The van der Waals surface area contributed by atoms with Crippen molar-refractivity contribution in [3.05, 3.63) is 0 Å². The number of ketones is 2. The minimum absolute atomic E-state index is 0. The van der Waals surface area contributed by atoms with E-state index in [2.05, 4.69) is 0 Å². The predicted molar refractivity (Wildman–Crippen MR) is 107 cm³/mol. The summed E-state index contributed by atoms with van der Waals surface area (Å²) in [5.41, 5.74) is -3.27. The van der Waals surface area contributed by atoms with Crippen LogP contribution in [0.1, 0.15) is 84.6 Å². The van der Waals surface area contributed by atoms with Crippen molar-refractivity contribution in [1.29, 1.82) is 0 Å². The summed E-state index contributed by atoms with van der Waals surface area (Å²) in [6.45, 7) is 11.5. The molecule has 0 aromatic rings. The fourth-order valence-electron chi connectivity index (χ4n) is 1.86. The first-order valence-corrected chi connectivity index (χ1v) is 7.07. The molecule has 0 amide bonds. The molecule has 0 heterocycles. The van der Waals surface area contributed by atoms with Crippen LogP contribution in [0, 0.1) is 10.8 Å². The van der Waals surface area contributed by atoms with Crippen LogP contribution in [0.2, 0.25) is 0 Å². The third-order valence-electron chi connectivity index (χ3n) is 3.63. The molecule has 0 aromatic heterocycles. The Balaban J connectivity index is -0.000000333. The van der Waals surface area contributed by atoms with E-state index in [0.717, 1.165) is 0 Å². The van der Waals surface area contributed by atoms with E-state index in [0.29, 0.717) is 0 Å². The number of carbonyl (C=O) groups excluding carboxylic acids is 3. The monoisotopic (exact) mass is 364 g/mol. The van der Waals surface area contributed by atoms with Crippen LogP contribution in [-0.4, -0.2) is 36.9 Å². The maximum absolute atomic E-state index is 12.6. The quantitative estimate of drug-likeness (QED) is 0.464. The average molecular weight is 365 g/mol. The van der Waals surface area contributed by atoms with Gasteiger partial charge in [0.2, 0.25) is 0 Å². The summed E-state index contributed by atoms with van der Waals surface area (Å²) in [5, 5.41) is 0. The molecule has 0 N–H and O–H groups in total. The van der Waals surface area contributed by atoms with Gasteiger partial charge in [-0.1, -0.05) is 50.5 Å². The highest BCUT2D eigenvalue weighted by Crippen LogP contribution is 2.35. The molecule has 1 atom stereocenters. The first kappa shape index (κ1) is 35.0. The van der Waals surface area contributed by atoms with E-state index in [9.17, 15) is 14.4 Å². The predicted octanol–water partition coefficient (Wildman–Crippen LogP) is 5.10. The Morgan fingerprint density at radius 1 is 0.840 bits per heavy atom. The third kappa shape index (κ3) is 9.15. The lowest BCUT2D eigenvalue weighted by atomic mass is 9.71. The van der Waals surface area contributed by atoms with Crippen LogP contribution in [-0.2, 0) is 23.9 Å². The summed E-state index contributed by atoms with van der Waals surface area (Å²) in [5.74, 6) is -1.18. The summed E-state index contributed by atoms with van der Waals surface area (Å²) < 4.78 is 10.3. The van der Waals surface area contributed by atoms with Gasteiger partial charge in [0.1, 0.15) is 5.41 Å². The minimum Gasteiger partial charge on any atom is -0.451 e. The van der Waals surface area contributed by atoms with Gasteiger partial charge in [-0.2, -0.15) is 0 Å². The van der Waals surface area contributed by atoms with Gasteiger partial charge in [-0.05, 0) is 34.1 Å². The SMILES string of the molecule is C.C.C.C.COCCC(C)(C(=O)OC(C)(C)C(C)=O)C(=O)C(C)(C)C. The average Bonchev–Trinajstić information content (AvgIpc) is 2.32. The maximum Gasteiger partial charge on any atom is 0.320 e. The zero-order valence-electron chi connectivity index (χ0n) is 14.5. The summed E-state index contributed by atoms with van der Waals surface area (Å²) in [6.07, 6.45) is 0.215. The normalized spacial score (nSPS) is 12.8. The maximum atomic E-state index is 12.6. The highest BCUT2D eigenvalue weighted by molar-refractivity contribution is 6.06. The van der Waals surface area contributed by atoms with Crippen LogP contribution in [0.3, 0.4) is 0 Å². The Bertz CT molecular complexity index is 418. The van der Waals surface area contributed by atoms with Gasteiger partial charge in [0, 0.05) is 19.1 Å². The van der Waals surface area contributed by atoms with Crippen molar-refractivity contribution in [3.8, 4) is 0 Å². The van der Waals surface area contributed by atoms with Gasteiger partial charge in [0.15, 0.2) is 17.2 Å². The van der Waals surface area contributed by atoms with E-state index >= 15 is 0 Å². The molecule has 0 aromatic carbocycles. The number of methoxy groups -OCH3 is 1. The number of hydrogen-bond acceptors (Lipinski definition) is 5. The molecule has 1 unspecified atom stereocenters. The standard InChI is InChI=1S/C16H28O5.4CH4/c1-11(17)15(5,6)21-13(19)16(7,9-10-20-8)12(18)14(2,3)4;;;;/h9-10H2,1-8H3;4*1H4. The number of Topliss-reactive ketones (excluding diaryl/α,β-unsaturated/α-hetero) is 2. The smallest absolute Gasteiger partial charge is 0.320 e. The van der Waals surface area contributed by atoms with Crippen LogP contribution in [0.25, 0.3) is 0 Å². The molecule has 25 heavy (non-hydrogen) atoms. The molecule has 0 aliphatic rings. The summed E-state index contributed by atoms with van der Waals surface area (Å²) in [6, 6.07) is 0. The van der Waals surface area contributed by atoms with Crippen LogP contribution < -0.4 is 0 Å². The topological polar surface area (TPSA) is 69.7 Å². The highest BCUT2D eigenvalue weighted by Gasteiger charge is 2.48. The largest absolute Gasteiger partial charge is 0.451 e.